The van der Waals surface area contributed by atoms with Crippen molar-refractivity contribution in [3.8, 4) is 11.1 Å². The second-order valence-electron chi connectivity index (χ2n) is 12.1. The van der Waals surface area contributed by atoms with E-state index < -0.39 is 0 Å². The molecule has 1 nitrogen and oxygen atoms in total. The standard InChI is InChI=1S/C44H27NS2/c1-2-11-33(12-3-1)45(34-19-16-29(17-20-34)32-15-14-28-8-4-5-10-31(28)26-32)35-21-22-37-41(27-35)46-40-25-23-38-42-36-13-7-6-9-30(36)18-24-39(42)47-44(38)43(37)40/h1-27H. The van der Waals surface area contributed by atoms with Crippen molar-refractivity contribution < 1.29 is 0 Å². The summed E-state index contributed by atoms with van der Waals surface area (Å²) in [5.41, 5.74) is 5.89. The van der Waals surface area contributed by atoms with Gasteiger partial charge in [-0.2, -0.15) is 0 Å². The summed E-state index contributed by atoms with van der Waals surface area (Å²) in [6, 6.07) is 59.9. The maximum Gasteiger partial charge on any atom is 0.0476 e. The van der Waals surface area contributed by atoms with E-state index in [1.54, 1.807) is 0 Å². The summed E-state index contributed by atoms with van der Waals surface area (Å²) >= 11 is 3.82. The SMILES string of the molecule is c1ccc(N(c2ccc(-c3ccc4ccccc4c3)cc2)c2ccc3c(c2)sc2ccc4c(sc5ccc6ccccc6c54)c23)cc1. The lowest BCUT2D eigenvalue weighted by Crippen LogP contribution is -2.09. The monoisotopic (exact) mass is 633 g/mol. The first-order chi connectivity index (χ1) is 23.3. The average molecular weight is 634 g/mol. The van der Waals surface area contributed by atoms with Crippen molar-refractivity contribution in [2.24, 2.45) is 0 Å². The Kier molecular flexibility index (Phi) is 5.98. The molecule has 0 aliphatic carbocycles. The van der Waals surface area contributed by atoms with Gasteiger partial charge in [0, 0.05) is 57.4 Å². The molecule has 2 heterocycles. The highest BCUT2D eigenvalue weighted by Crippen LogP contribution is 2.47. The molecule has 10 aromatic rings. The molecule has 0 spiro atoms. The van der Waals surface area contributed by atoms with Crippen LogP contribution in [0.1, 0.15) is 0 Å². The van der Waals surface area contributed by atoms with Crippen molar-refractivity contribution in [1.29, 1.82) is 0 Å². The number of anilines is 3. The van der Waals surface area contributed by atoms with Crippen LogP contribution in [0.15, 0.2) is 164 Å². The molecule has 220 valence electrons. The second kappa shape index (κ2) is 10.5. The summed E-state index contributed by atoms with van der Waals surface area (Å²) in [5, 5.41) is 10.6. The molecule has 47 heavy (non-hydrogen) atoms. The van der Waals surface area contributed by atoms with Gasteiger partial charge in [0.15, 0.2) is 0 Å². The van der Waals surface area contributed by atoms with Crippen LogP contribution in [-0.2, 0) is 0 Å². The molecule has 0 radical (unpaired) electrons. The van der Waals surface area contributed by atoms with Crippen LogP contribution >= 0.6 is 22.7 Å². The van der Waals surface area contributed by atoms with Crippen LogP contribution in [-0.4, -0.2) is 0 Å². The van der Waals surface area contributed by atoms with Crippen molar-refractivity contribution >= 4 is 102 Å². The number of nitrogens with zero attached hydrogens (tertiary/aromatic N) is 1. The molecule has 0 saturated carbocycles. The van der Waals surface area contributed by atoms with E-state index in [0.717, 1.165) is 17.1 Å². The maximum atomic E-state index is 2.37. The topological polar surface area (TPSA) is 3.24 Å². The van der Waals surface area contributed by atoms with Crippen LogP contribution in [0.4, 0.5) is 17.1 Å². The zero-order valence-corrected chi connectivity index (χ0v) is 27.0. The quantitative estimate of drug-likeness (QED) is 0.186. The molecule has 0 aliphatic heterocycles. The summed E-state index contributed by atoms with van der Waals surface area (Å²) in [6.45, 7) is 0. The minimum atomic E-state index is 1.14. The Morgan fingerprint density at radius 1 is 0.340 bits per heavy atom. The molecule has 0 fully saturated rings. The Morgan fingerprint density at radius 2 is 0.979 bits per heavy atom. The fourth-order valence-corrected chi connectivity index (χ4v) is 9.68. The lowest BCUT2D eigenvalue weighted by Gasteiger charge is -2.25. The molecule has 10 rings (SSSR count). The number of hydrogen-bond donors (Lipinski definition) is 0. The van der Waals surface area contributed by atoms with Crippen LogP contribution in [0.3, 0.4) is 0 Å². The van der Waals surface area contributed by atoms with Crippen LogP contribution < -0.4 is 4.90 Å². The van der Waals surface area contributed by atoms with E-state index in [-0.39, 0.29) is 0 Å². The fourth-order valence-electron chi connectivity index (χ4n) is 7.19. The summed E-state index contributed by atoms with van der Waals surface area (Å²) in [4.78, 5) is 2.37. The molecule has 2 aromatic heterocycles. The highest BCUT2D eigenvalue weighted by Gasteiger charge is 2.18. The number of para-hydroxylation sites is 1. The fraction of sp³-hybridized carbons (Fsp3) is 0. The van der Waals surface area contributed by atoms with Gasteiger partial charge in [-0.1, -0.05) is 109 Å². The number of thiophene rings is 2. The lowest BCUT2D eigenvalue weighted by molar-refractivity contribution is 1.29. The largest absolute Gasteiger partial charge is 0.310 e. The number of hydrogen-bond acceptors (Lipinski definition) is 3. The molecule has 8 aromatic carbocycles. The van der Waals surface area contributed by atoms with Crippen LogP contribution in [0.5, 0.6) is 0 Å². The molecule has 0 aliphatic rings. The number of rotatable bonds is 4. The van der Waals surface area contributed by atoms with E-state index in [1.807, 2.05) is 22.7 Å². The van der Waals surface area contributed by atoms with Gasteiger partial charge in [0.2, 0.25) is 0 Å². The summed E-state index contributed by atoms with van der Waals surface area (Å²) in [6.07, 6.45) is 0. The Morgan fingerprint density at radius 3 is 1.85 bits per heavy atom. The van der Waals surface area contributed by atoms with E-state index in [2.05, 4.69) is 169 Å². The van der Waals surface area contributed by atoms with Gasteiger partial charge in [-0.3, -0.25) is 0 Å². The van der Waals surface area contributed by atoms with Gasteiger partial charge in [-0.25, -0.2) is 0 Å². The van der Waals surface area contributed by atoms with Gasteiger partial charge in [0.25, 0.3) is 0 Å². The highest BCUT2D eigenvalue weighted by atomic mass is 32.1. The normalized spacial score (nSPS) is 11.8. The molecular weight excluding hydrogens is 607 g/mol. The summed E-state index contributed by atoms with van der Waals surface area (Å²) in [5.74, 6) is 0. The minimum Gasteiger partial charge on any atom is -0.310 e. The van der Waals surface area contributed by atoms with Crippen LogP contribution in [0.2, 0.25) is 0 Å². The van der Waals surface area contributed by atoms with Crippen molar-refractivity contribution in [3.05, 3.63) is 164 Å². The zero-order chi connectivity index (χ0) is 30.9. The number of benzene rings is 8. The van der Waals surface area contributed by atoms with Gasteiger partial charge < -0.3 is 4.90 Å². The average Bonchev–Trinajstić information content (AvgIpc) is 3.70. The summed E-state index contributed by atoms with van der Waals surface area (Å²) in [7, 11) is 0. The third kappa shape index (κ3) is 4.28. The van der Waals surface area contributed by atoms with Crippen LogP contribution in [0.25, 0.3) is 73.0 Å². The Balaban J connectivity index is 1.11. The molecule has 0 amide bonds. The van der Waals surface area contributed by atoms with E-state index in [9.17, 15) is 0 Å². The lowest BCUT2D eigenvalue weighted by atomic mass is 10.0. The number of fused-ring (bicyclic) bond motifs is 10. The van der Waals surface area contributed by atoms with Crippen molar-refractivity contribution in [3.63, 3.8) is 0 Å². The van der Waals surface area contributed by atoms with Gasteiger partial charge in [-0.15, -0.1) is 22.7 Å². The third-order valence-electron chi connectivity index (χ3n) is 9.43. The molecule has 0 unspecified atom stereocenters. The molecule has 0 N–H and O–H groups in total. The van der Waals surface area contributed by atoms with Gasteiger partial charge in [0.05, 0.1) is 0 Å². The molecule has 0 saturated heterocycles. The third-order valence-corrected chi connectivity index (χ3v) is 11.7. The van der Waals surface area contributed by atoms with Crippen molar-refractivity contribution in [2.75, 3.05) is 4.90 Å². The minimum absolute atomic E-state index is 1.14. The smallest absolute Gasteiger partial charge is 0.0476 e. The van der Waals surface area contributed by atoms with Crippen molar-refractivity contribution in [2.45, 2.75) is 0 Å². The van der Waals surface area contributed by atoms with Gasteiger partial charge >= 0.3 is 0 Å². The zero-order valence-electron chi connectivity index (χ0n) is 25.4. The van der Waals surface area contributed by atoms with E-state index in [0.29, 0.717) is 0 Å². The van der Waals surface area contributed by atoms with E-state index in [1.165, 1.54) is 73.0 Å². The van der Waals surface area contributed by atoms with Crippen LogP contribution in [0, 0.1) is 0 Å². The maximum absolute atomic E-state index is 2.37. The molecule has 3 heteroatoms. The van der Waals surface area contributed by atoms with E-state index >= 15 is 0 Å². The summed E-state index contributed by atoms with van der Waals surface area (Å²) < 4.78 is 5.38. The first kappa shape index (κ1) is 26.7. The second-order valence-corrected chi connectivity index (χ2v) is 14.3. The van der Waals surface area contributed by atoms with Gasteiger partial charge in [0.1, 0.15) is 0 Å². The van der Waals surface area contributed by atoms with E-state index in [4.69, 9.17) is 0 Å². The highest BCUT2D eigenvalue weighted by molar-refractivity contribution is 7.30. The van der Waals surface area contributed by atoms with Crippen molar-refractivity contribution in [1.82, 2.24) is 0 Å². The Bertz CT molecular complexity index is 2790. The van der Waals surface area contributed by atoms with Gasteiger partial charge in [-0.05, 0) is 87.3 Å². The first-order valence-corrected chi connectivity index (χ1v) is 17.6. The Labute approximate surface area is 280 Å². The first-order valence-electron chi connectivity index (χ1n) is 15.9. The molecular formula is C44H27NS2. The predicted molar refractivity (Wildman–Crippen MR) is 207 cm³/mol. The Hall–Kier alpha value is -5.48. The predicted octanol–water partition coefficient (Wildman–Crippen LogP) is 13.9. The molecule has 0 bridgehead atoms. The molecule has 0 atom stereocenters.